The van der Waals surface area contributed by atoms with Crippen molar-refractivity contribution >= 4 is 5.97 Å². The van der Waals surface area contributed by atoms with Crippen LogP contribution in [0.1, 0.15) is 58.4 Å². The minimum atomic E-state index is -0.777. The SMILES string of the molecule is C[C@H]1C[C@@H]2OC(=O)[C@]3(C)CCC[C@@](C)([C@H]23)[C@]1(O)CCc1ccoc1. The number of esters is 1. The Hall–Kier alpha value is -1.29. The van der Waals surface area contributed by atoms with E-state index in [-0.39, 0.29) is 29.3 Å². The number of carbonyl (C=O) groups excluding carboxylic acids is 1. The van der Waals surface area contributed by atoms with E-state index in [1.807, 2.05) is 6.07 Å². The summed E-state index contributed by atoms with van der Waals surface area (Å²) in [5.74, 6) is 0.190. The van der Waals surface area contributed by atoms with Crippen molar-refractivity contribution < 1.29 is 19.1 Å². The fraction of sp³-hybridized carbons (Fsp3) is 0.750. The van der Waals surface area contributed by atoms with Crippen LogP contribution in [-0.2, 0) is 16.0 Å². The summed E-state index contributed by atoms with van der Waals surface area (Å²) in [4.78, 5) is 12.6. The van der Waals surface area contributed by atoms with Crippen molar-refractivity contribution in [3.63, 3.8) is 0 Å². The number of hydrogen-bond acceptors (Lipinski definition) is 4. The maximum absolute atomic E-state index is 12.6. The van der Waals surface area contributed by atoms with Crippen LogP contribution in [0.2, 0.25) is 0 Å². The first-order chi connectivity index (χ1) is 11.3. The van der Waals surface area contributed by atoms with Gasteiger partial charge in [0.1, 0.15) is 6.10 Å². The van der Waals surface area contributed by atoms with Crippen LogP contribution in [0.15, 0.2) is 23.0 Å². The second-order valence-electron chi connectivity index (χ2n) is 8.80. The number of aliphatic hydroxyl groups is 1. The number of ether oxygens (including phenoxy) is 1. The molecule has 0 unspecified atom stereocenters. The first-order valence-electron chi connectivity index (χ1n) is 9.26. The lowest BCUT2D eigenvalue weighted by Crippen LogP contribution is -2.65. The van der Waals surface area contributed by atoms with Gasteiger partial charge in [0, 0.05) is 11.3 Å². The Morgan fingerprint density at radius 2 is 2.12 bits per heavy atom. The summed E-state index contributed by atoms with van der Waals surface area (Å²) in [6, 6.07) is 1.97. The van der Waals surface area contributed by atoms with Gasteiger partial charge < -0.3 is 14.3 Å². The molecule has 0 amide bonds. The van der Waals surface area contributed by atoms with E-state index in [2.05, 4.69) is 20.8 Å². The first kappa shape index (κ1) is 16.2. The maximum atomic E-state index is 12.6. The van der Waals surface area contributed by atoms with E-state index in [9.17, 15) is 9.90 Å². The van der Waals surface area contributed by atoms with Gasteiger partial charge in [-0.2, -0.15) is 0 Å². The minimum Gasteiger partial charge on any atom is -0.472 e. The molecule has 3 fully saturated rings. The van der Waals surface area contributed by atoms with Crippen LogP contribution in [-0.4, -0.2) is 22.8 Å². The van der Waals surface area contributed by atoms with Crippen molar-refractivity contribution in [2.75, 3.05) is 0 Å². The highest BCUT2D eigenvalue weighted by Crippen LogP contribution is 2.67. The molecule has 4 nitrogen and oxygen atoms in total. The monoisotopic (exact) mass is 332 g/mol. The number of hydrogen-bond donors (Lipinski definition) is 1. The lowest BCUT2D eigenvalue weighted by atomic mass is 9.44. The van der Waals surface area contributed by atoms with Crippen molar-refractivity contribution in [2.45, 2.75) is 71.0 Å². The standard InChI is InChI=1S/C20H28O4/c1-13-11-15-16-18(2,17(21)24-15)7-4-8-19(16,3)20(13,22)9-5-14-6-10-23-12-14/h6,10,12-13,15-16,22H,4-5,7-9,11H2,1-3H3/t13-,15-,16+,18+,19-,20-/m0/s1. The van der Waals surface area contributed by atoms with E-state index < -0.39 is 11.0 Å². The van der Waals surface area contributed by atoms with Gasteiger partial charge in [-0.15, -0.1) is 0 Å². The van der Waals surface area contributed by atoms with Gasteiger partial charge in [0.15, 0.2) is 0 Å². The van der Waals surface area contributed by atoms with E-state index in [1.54, 1.807) is 12.5 Å². The Morgan fingerprint density at radius 3 is 2.83 bits per heavy atom. The highest BCUT2D eigenvalue weighted by atomic mass is 16.6. The molecule has 3 aliphatic rings. The van der Waals surface area contributed by atoms with E-state index in [4.69, 9.17) is 9.15 Å². The van der Waals surface area contributed by atoms with Crippen LogP contribution in [0.5, 0.6) is 0 Å². The second kappa shape index (κ2) is 5.10. The topological polar surface area (TPSA) is 59.7 Å². The van der Waals surface area contributed by atoms with Crippen molar-refractivity contribution in [2.24, 2.45) is 22.7 Å². The van der Waals surface area contributed by atoms with Gasteiger partial charge in [0.25, 0.3) is 0 Å². The molecule has 6 atom stereocenters. The maximum Gasteiger partial charge on any atom is 0.312 e. The Kier molecular flexibility index (Phi) is 3.44. The first-order valence-corrected chi connectivity index (χ1v) is 9.26. The second-order valence-corrected chi connectivity index (χ2v) is 8.80. The van der Waals surface area contributed by atoms with Gasteiger partial charge in [0.2, 0.25) is 0 Å². The van der Waals surface area contributed by atoms with Crippen molar-refractivity contribution in [3.05, 3.63) is 24.2 Å². The van der Waals surface area contributed by atoms with Crippen LogP contribution in [0, 0.1) is 22.7 Å². The van der Waals surface area contributed by atoms with Crippen LogP contribution < -0.4 is 0 Å². The third-order valence-corrected chi connectivity index (χ3v) is 7.63. The molecule has 0 bridgehead atoms. The van der Waals surface area contributed by atoms with Gasteiger partial charge >= 0.3 is 5.97 Å². The molecule has 1 aromatic heterocycles. The van der Waals surface area contributed by atoms with E-state index >= 15 is 0 Å². The van der Waals surface area contributed by atoms with Crippen molar-refractivity contribution in [3.8, 4) is 0 Å². The summed E-state index contributed by atoms with van der Waals surface area (Å²) in [7, 11) is 0. The zero-order chi connectivity index (χ0) is 17.2. The quantitative estimate of drug-likeness (QED) is 0.857. The van der Waals surface area contributed by atoms with Gasteiger partial charge in [-0.3, -0.25) is 4.79 Å². The van der Waals surface area contributed by atoms with Gasteiger partial charge in [0.05, 0.1) is 23.5 Å². The van der Waals surface area contributed by atoms with Crippen molar-refractivity contribution in [1.29, 1.82) is 0 Å². The molecule has 1 saturated heterocycles. The highest BCUT2D eigenvalue weighted by Gasteiger charge is 2.70. The average molecular weight is 332 g/mol. The third kappa shape index (κ3) is 1.92. The summed E-state index contributed by atoms with van der Waals surface area (Å²) in [5.41, 5.74) is -0.362. The predicted octanol–water partition coefficient (Wildman–Crippen LogP) is 3.72. The smallest absolute Gasteiger partial charge is 0.312 e. The van der Waals surface area contributed by atoms with Crippen LogP contribution >= 0.6 is 0 Å². The van der Waals surface area contributed by atoms with Gasteiger partial charge in [-0.05, 0) is 56.6 Å². The fourth-order valence-corrected chi connectivity index (χ4v) is 6.30. The molecule has 4 rings (SSSR count). The normalized spacial score (nSPS) is 47.3. The van der Waals surface area contributed by atoms with E-state index in [0.717, 1.165) is 37.7 Å². The molecule has 0 aromatic carbocycles. The molecule has 1 aromatic rings. The average Bonchev–Trinajstić information content (AvgIpc) is 3.12. The Labute approximate surface area is 143 Å². The molecule has 2 heterocycles. The predicted molar refractivity (Wildman–Crippen MR) is 89.2 cm³/mol. The molecule has 0 radical (unpaired) electrons. The highest BCUT2D eigenvalue weighted by molar-refractivity contribution is 5.80. The molecule has 4 heteroatoms. The Balaban J connectivity index is 1.70. The zero-order valence-electron chi connectivity index (χ0n) is 14.9. The molecule has 0 spiro atoms. The molecule has 132 valence electrons. The number of furan rings is 1. The van der Waals surface area contributed by atoms with Gasteiger partial charge in [-0.25, -0.2) is 0 Å². The number of rotatable bonds is 3. The van der Waals surface area contributed by atoms with E-state index in [0.29, 0.717) is 6.42 Å². The largest absolute Gasteiger partial charge is 0.472 e. The van der Waals surface area contributed by atoms with Gasteiger partial charge in [-0.1, -0.05) is 20.3 Å². The lowest BCUT2D eigenvalue weighted by Gasteiger charge is -2.61. The Bertz CT molecular complexity index is 638. The molecule has 24 heavy (non-hydrogen) atoms. The molecule has 2 aliphatic carbocycles. The zero-order valence-corrected chi connectivity index (χ0v) is 14.9. The van der Waals surface area contributed by atoms with Crippen LogP contribution in [0.4, 0.5) is 0 Å². The lowest BCUT2D eigenvalue weighted by molar-refractivity contribution is -0.217. The molecule has 1 N–H and O–H groups in total. The summed E-state index contributed by atoms with van der Waals surface area (Å²) in [5, 5.41) is 11.9. The number of aryl methyl sites for hydroxylation is 1. The van der Waals surface area contributed by atoms with Crippen molar-refractivity contribution in [1.82, 2.24) is 0 Å². The molecule has 1 aliphatic heterocycles. The summed E-state index contributed by atoms with van der Waals surface area (Å²) in [6.45, 7) is 6.38. The van der Waals surface area contributed by atoms with E-state index in [1.165, 1.54) is 0 Å². The summed E-state index contributed by atoms with van der Waals surface area (Å²) >= 11 is 0. The molecular formula is C20H28O4. The Morgan fingerprint density at radius 1 is 1.33 bits per heavy atom. The molecule has 2 saturated carbocycles. The molecular weight excluding hydrogens is 304 g/mol. The fourth-order valence-electron chi connectivity index (χ4n) is 6.30. The van der Waals surface area contributed by atoms with Crippen LogP contribution in [0.3, 0.4) is 0 Å². The van der Waals surface area contributed by atoms with Crippen LogP contribution in [0.25, 0.3) is 0 Å². The number of carbonyl (C=O) groups is 1. The minimum absolute atomic E-state index is 0.0306. The summed E-state index contributed by atoms with van der Waals surface area (Å²) < 4.78 is 11.0. The summed E-state index contributed by atoms with van der Waals surface area (Å²) in [6.07, 6.45) is 8.51. The third-order valence-electron chi connectivity index (χ3n) is 7.63.